The second-order valence-corrected chi connectivity index (χ2v) is 5.35. The largest absolute Gasteiger partial charge is 0.382 e. The van der Waals surface area contributed by atoms with Crippen LogP contribution in [0.25, 0.3) is 0 Å². The van der Waals surface area contributed by atoms with Gasteiger partial charge in [-0.2, -0.15) is 0 Å². The third kappa shape index (κ3) is 4.23. The van der Waals surface area contributed by atoms with Crippen LogP contribution in [0.1, 0.15) is 44.1 Å². The lowest BCUT2D eigenvalue weighted by Gasteiger charge is -2.24. The molecule has 0 saturated heterocycles. The average Bonchev–Trinajstić information content (AvgIpc) is 2.38. The van der Waals surface area contributed by atoms with Crippen LogP contribution in [-0.4, -0.2) is 11.9 Å². The third-order valence-electron chi connectivity index (χ3n) is 3.50. The van der Waals surface area contributed by atoms with Gasteiger partial charge in [-0.15, -0.1) is 11.6 Å². The molecule has 94 valence electrons. The Labute approximate surface area is 110 Å². The molecule has 2 heteroatoms. The van der Waals surface area contributed by atoms with Crippen molar-refractivity contribution in [2.24, 2.45) is 0 Å². The number of hydrogen-bond donors (Lipinski definition) is 1. The van der Waals surface area contributed by atoms with E-state index in [0.717, 1.165) is 18.7 Å². The standard InChI is InChI=1S/C15H22ClN/c16-11-5-7-13-6-4-10-15(12-13)17-14-8-2-1-3-9-14/h4,6,10,12,14,17H,1-3,5,7-9,11H2. The molecule has 1 aliphatic rings. The van der Waals surface area contributed by atoms with Crippen molar-refractivity contribution in [3.05, 3.63) is 29.8 Å². The molecule has 17 heavy (non-hydrogen) atoms. The molecule has 0 aromatic heterocycles. The summed E-state index contributed by atoms with van der Waals surface area (Å²) in [6, 6.07) is 9.49. The fraction of sp³-hybridized carbons (Fsp3) is 0.600. The molecule has 0 amide bonds. The maximum absolute atomic E-state index is 5.73. The number of hydrogen-bond acceptors (Lipinski definition) is 1. The minimum atomic E-state index is 0.687. The second-order valence-electron chi connectivity index (χ2n) is 4.97. The number of aryl methyl sites for hydroxylation is 1. The smallest absolute Gasteiger partial charge is 0.0345 e. The molecule has 1 aromatic carbocycles. The Bertz CT molecular complexity index is 331. The zero-order valence-electron chi connectivity index (χ0n) is 10.4. The first-order chi connectivity index (χ1) is 8.38. The SMILES string of the molecule is ClCCCc1cccc(NC2CCCCC2)c1. The lowest BCUT2D eigenvalue weighted by Crippen LogP contribution is -2.22. The molecular weight excluding hydrogens is 230 g/mol. The van der Waals surface area contributed by atoms with Gasteiger partial charge in [-0.1, -0.05) is 31.4 Å². The summed E-state index contributed by atoms with van der Waals surface area (Å²) in [4.78, 5) is 0. The third-order valence-corrected chi connectivity index (χ3v) is 3.77. The zero-order chi connectivity index (χ0) is 11.9. The number of alkyl halides is 1. The van der Waals surface area contributed by atoms with Crippen LogP contribution in [0.3, 0.4) is 0 Å². The molecule has 1 nitrogen and oxygen atoms in total. The molecule has 0 atom stereocenters. The summed E-state index contributed by atoms with van der Waals surface area (Å²) in [5.41, 5.74) is 2.68. The van der Waals surface area contributed by atoms with Gasteiger partial charge < -0.3 is 5.32 Å². The van der Waals surface area contributed by atoms with Gasteiger partial charge in [-0.25, -0.2) is 0 Å². The van der Waals surface area contributed by atoms with Crippen molar-refractivity contribution in [2.75, 3.05) is 11.2 Å². The lowest BCUT2D eigenvalue weighted by molar-refractivity contribution is 0.463. The van der Waals surface area contributed by atoms with E-state index in [1.165, 1.54) is 43.4 Å². The van der Waals surface area contributed by atoms with Crippen molar-refractivity contribution >= 4 is 17.3 Å². The lowest BCUT2D eigenvalue weighted by atomic mass is 9.95. The molecule has 0 unspecified atom stereocenters. The van der Waals surface area contributed by atoms with Crippen LogP contribution in [0, 0.1) is 0 Å². The normalized spacial score (nSPS) is 17.0. The van der Waals surface area contributed by atoms with Crippen molar-refractivity contribution in [3.8, 4) is 0 Å². The summed E-state index contributed by atoms with van der Waals surface area (Å²) in [7, 11) is 0. The van der Waals surface area contributed by atoms with Gasteiger partial charge >= 0.3 is 0 Å². The predicted molar refractivity (Wildman–Crippen MR) is 76.0 cm³/mol. The van der Waals surface area contributed by atoms with E-state index in [0.29, 0.717) is 6.04 Å². The van der Waals surface area contributed by atoms with Crippen LogP contribution in [0.15, 0.2) is 24.3 Å². The second kappa shape index (κ2) is 6.90. The number of rotatable bonds is 5. The predicted octanol–water partition coefficient (Wildman–Crippen LogP) is 4.60. The molecule has 1 aromatic rings. The highest BCUT2D eigenvalue weighted by Gasteiger charge is 2.12. The monoisotopic (exact) mass is 251 g/mol. The van der Waals surface area contributed by atoms with Crippen LogP contribution in [0.2, 0.25) is 0 Å². The number of anilines is 1. The first kappa shape index (κ1) is 12.8. The molecule has 1 aliphatic carbocycles. The van der Waals surface area contributed by atoms with Gasteiger partial charge in [0.05, 0.1) is 0 Å². The van der Waals surface area contributed by atoms with Gasteiger partial charge in [-0.3, -0.25) is 0 Å². The first-order valence-electron chi connectivity index (χ1n) is 6.80. The summed E-state index contributed by atoms with van der Waals surface area (Å²) in [5.74, 6) is 0.750. The highest BCUT2D eigenvalue weighted by molar-refractivity contribution is 6.17. The molecule has 1 fully saturated rings. The Morgan fingerprint density at radius 2 is 2.00 bits per heavy atom. The van der Waals surface area contributed by atoms with Crippen LogP contribution >= 0.6 is 11.6 Å². The van der Waals surface area contributed by atoms with E-state index in [1.54, 1.807) is 0 Å². The van der Waals surface area contributed by atoms with Crippen LogP contribution in [0.4, 0.5) is 5.69 Å². The number of nitrogens with one attached hydrogen (secondary N) is 1. The van der Waals surface area contributed by atoms with Gasteiger partial charge in [0.1, 0.15) is 0 Å². The molecule has 0 bridgehead atoms. The van der Waals surface area contributed by atoms with Gasteiger partial charge in [0.15, 0.2) is 0 Å². The van der Waals surface area contributed by atoms with E-state index in [-0.39, 0.29) is 0 Å². The summed E-state index contributed by atoms with van der Waals surface area (Å²) < 4.78 is 0. The Kier molecular flexibility index (Phi) is 5.18. The van der Waals surface area contributed by atoms with Gasteiger partial charge in [0.25, 0.3) is 0 Å². The van der Waals surface area contributed by atoms with E-state index < -0.39 is 0 Å². The van der Waals surface area contributed by atoms with E-state index >= 15 is 0 Å². The maximum atomic E-state index is 5.73. The van der Waals surface area contributed by atoms with Gasteiger partial charge in [0, 0.05) is 17.6 Å². The molecule has 1 N–H and O–H groups in total. The molecule has 0 heterocycles. The average molecular weight is 252 g/mol. The van der Waals surface area contributed by atoms with Crippen LogP contribution < -0.4 is 5.32 Å². The highest BCUT2D eigenvalue weighted by atomic mass is 35.5. The van der Waals surface area contributed by atoms with Gasteiger partial charge in [0.2, 0.25) is 0 Å². The van der Waals surface area contributed by atoms with E-state index in [4.69, 9.17) is 11.6 Å². The summed E-state index contributed by atoms with van der Waals surface area (Å²) in [6.07, 6.45) is 8.97. The van der Waals surface area contributed by atoms with Crippen molar-refractivity contribution in [1.29, 1.82) is 0 Å². The minimum absolute atomic E-state index is 0.687. The summed E-state index contributed by atoms with van der Waals surface area (Å²) >= 11 is 5.73. The fourth-order valence-electron chi connectivity index (χ4n) is 2.57. The number of halogens is 1. The van der Waals surface area contributed by atoms with Crippen LogP contribution in [-0.2, 0) is 6.42 Å². The highest BCUT2D eigenvalue weighted by Crippen LogP contribution is 2.22. The van der Waals surface area contributed by atoms with Crippen molar-refractivity contribution in [3.63, 3.8) is 0 Å². The molecule has 0 spiro atoms. The molecule has 1 saturated carbocycles. The van der Waals surface area contributed by atoms with Crippen molar-refractivity contribution < 1.29 is 0 Å². The zero-order valence-corrected chi connectivity index (χ0v) is 11.2. The Morgan fingerprint density at radius 1 is 1.18 bits per heavy atom. The Hall–Kier alpha value is -0.690. The maximum Gasteiger partial charge on any atom is 0.0345 e. The topological polar surface area (TPSA) is 12.0 Å². The molecule has 2 rings (SSSR count). The Balaban J connectivity index is 1.90. The minimum Gasteiger partial charge on any atom is -0.382 e. The quantitative estimate of drug-likeness (QED) is 0.754. The van der Waals surface area contributed by atoms with Crippen molar-refractivity contribution in [1.82, 2.24) is 0 Å². The fourth-order valence-corrected chi connectivity index (χ4v) is 2.70. The van der Waals surface area contributed by atoms with E-state index in [2.05, 4.69) is 29.6 Å². The van der Waals surface area contributed by atoms with E-state index in [9.17, 15) is 0 Å². The number of benzene rings is 1. The molecular formula is C15H22ClN. The van der Waals surface area contributed by atoms with E-state index in [1.807, 2.05) is 0 Å². The Morgan fingerprint density at radius 3 is 2.76 bits per heavy atom. The molecule has 0 radical (unpaired) electrons. The first-order valence-corrected chi connectivity index (χ1v) is 7.33. The van der Waals surface area contributed by atoms with Gasteiger partial charge in [-0.05, 0) is 43.4 Å². The summed E-state index contributed by atoms with van der Waals surface area (Å²) in [6.45, 7) is 0. The molecule has 0 aliphatic heterocycles. The van der Waals surface area contributed by atoms with Crippen molar-refractivity contribution in [2.45, 2.75) is 51.0 Å². The van der Waals surface area contributed by atoms with Crippen LogP contribution in [0.5, 0.6) is 0 Å². The summed E-state index contributed by atoms with van der Waals surface area (Å²) in [5, 5.41) is 3.66.